The van der Waals surface area contributed by atoms with Crippen LogP contribution in [0.2, 0.25) is 0 Å². The summed E-state index contributed by atoms with van der Waals surface area (Å²) in [4.78, 5) is 37.0. The van der Waals surface area contributed by atoms with Crippen molar-refractivity contribution in [3.63, 3.8) is 0 Å². The summed E-state index contributed by atoms with van der Waals surface area (Å²) in [5, 5.41) is 5.25. The maximum atomic E-state index is 13.0. The van der Waals surface area contributed by atoms with Crippen LogP contribution in [0.5, 0.6) is 0 Å². The Labute approximate surface area is 218 Å². The minimum atomic E-state index is -3.64. The van der Waals surface area contributed by atoms with E-state index in [0.29, 0.717) is 18.5 Å². The Kier molecular flexibility index (Phi) is 9.09. The summed E-state index contributed by atoms with van der Waals surface area (Å²) in [7, 11) is -3.64. The normalized spacial score (nSPS) is 14.7. The van der Waals surface area contributed by atoms with E-state index in [1.807, 2.05) is 46.8 Å². The van der Waals surface area contributed by atoms with Crippen LogP contribution in [-0.4, -0.2) is 56.7 Å². The lowest BCUT2D eigenvalue weighted by Crippen LogP contribution is -2.41. The SMILES string of the molecule is Cc1cc(C)c(NC(=O)CNC(=O)COC(=O)C2CCN(S(=O)(=O)c3ccc(C)c(C)c3)CC2)c(C)c1. The maximum Gasteiger partial charge on any atom is 0.309 e. The molecule has 0 unspecified atom stereocenters. The minimum absolute atomic E-state index is 0.194. The zero-order chi connectivity index (χ0) is 27.3. The van der Waals surface area contributed by atoms with Gasteiger partial charge in [-0.2, -0.15) is 4.31 Å². The minimum Gasteiger partial charge on any atom is -0.455 e. The number of piperidine rings is 1. The van der Waals surface area contributed by atoms with E-state index in [4.69, 9.17) is 4.74 Å². The molecule has 2 aromatic rings. The van der Waals surface area contributed by atoms with E-state index in [0.717, 1.165) is 27.8 Å². The molecule has 10 heteroatoms. The van der Waals surface area contributed by atoms with Crippen molar-refractivity contribution in [3.8, 4) is 0 Å². The van der Waals surface area contributed by atoms with Gasteiger partial charge in [-0.3, -0.25) is 14.4 Å². The third-order valence-corrected chi connectivity index (χ3v) is 8.53. The van der Waals surface area contributed by atoms with Gasteiger partial charge >= 0.3 is 5.97 Å². The van der Waals surface area contributed by atoms with Crippen LogP contribution in [0.4, 0.5) is 5.69 Å². The van der Waals surface area contributed by atoms with Gasteiger partial charge in [0.2, 0.25) is 15.9 Å². The number of nitrogens with one attached hydrogen (secondary N) is 2. The maximum absolute atomic E-state index is 13.0. The number of hydrogen-bond acceptors (Lipinski definition) is 6. The van der Waals surface area contributed by atoms with Gasteiger partial charge in [-0.15, -0.1) is 0 Å². The largest absolute Gasteiger partial charge is 0.455 e. The number of amides is 2. The summed E-state index contributed by atoms with van der Waals surface area (Å²) >= 11 is 0. The summed E-state index contributed by atoms with van der Waals surface area (Å²) in [5.74, 6) is -2.01. The number of esters is 1. The molecule has 0 atom stereocenters. The predicted molar refractivity (Wildman–Crippen MR) is 141 cm³/mol. The topological polar surface area (TPSA) is 122 Å². The van der Waals surface area contributed by atoms with Crippen molar-refractivity contribution < 1.29 is 27.5 Å². The highest BCUT2D eigenvalue weighted by atomic mass is 32.2. The molecule has 2 aromatic carbocycles. The molecule has 1 heterocycles. The van der Waals surface area contributed by atoms with Crippen LogP contribution < -0.4 is 10.6 Å². The second kappa shape index (κ2) is 11.9. The van der Waals surface area contributed by atoms with Crippen LogP contribution in [0, 0.1) is 40.5 Å². The molecule has 3 rings (SSSR count). The van der Waals surface area contributed by atoms with Crippen LogP contribution in [0.25, 0.3) is 0 Å². The highest BCUT2D eigenvalue weighted by Crippen LogP contribution is 2.26. The van der Waals surface area contributed by atoms with E-state index in [2.05, 4.69) is 10.6 Å². The number of rotatable bonds is 8. The molecular weight excluding hydrogens is 494 g/mol. The first-order valence-corrected chi connectivity index (χ1v) is 13.7. The van der Waals surface area contributed by atoms with Crippen LogP contribution in [0.3, 0.4) is 0 Å². The highest BCUT2D eigenvalue weighted by molar-refractivity contribution is 7.89. The van der Waals surface area contributed by atoms with Gasteiger partial charge in [0.1, 0.15) is 0 Å². The first-order chi connectivity index (χ1) is 17.4. The third kappa shape index (κ3) is 7.17. The number of carbonyl (C=O) groups excluding carboxylic acids is 3. The van der Waals surface area contributed by atoms with Crippen LogP contribution in [-0.2, 0) is 29.1 Å². The van der Waals surface area contributed by atoms with Crippen molar-refractivity contribution in [1.82, 2.24) is 9.62 Å². The zero-order valence-electron chi connectivity index (χ0n) is 22.0. The van der Waals surface area contributed by atoms with E-state index < -0.39 is 34.4 Å². The van der Waals surface area contributed by atoms with Gasteiger partial charge in [-0.05, 0) is 81.8 Å². The number of ether oxygens (including phenoxy) is 1. The fourth-order valence-corrected chi connectivity index (χ4v) is 5.96. The summed E-state index contributed by atoms with van der Waals surface area (Å²) < 4.78 is 32.4. The molecule has 1 aliphatic rings. The van der Waals surface area contributed by atoms with Gasteiger partial charge in [0.25, 0.3) is 5.91 Å². The van der Waals surface area contributed by atoms with Crippen LogP contribution in [0.15, 0.2) is 35.2 Å². The molecule has 200 valence electrons. The summed E-state index contributed by atoms with van der Waals surface area (Å²) in [6.45, 7) is 9.20. The summed E-state index contributed by atoms with van der Waals surface area (Å²) in [6, 6.07) is 8.96. The lowest BCUT2D eigenvalue weighted by atomic mass is 9.98. The second-order valence-electron chi connectivity index (χ2n) is 9.63. The van der Waals surface area contributed by atoms with Crippen molar-refractivity contribution in [3.05, 3.63) is 58.1 Å². The van der Waals surface area contributed by atoms with Crippen LogP contribution in [0.1, 0.15) is 40.7 Å². The number of carbonyl (C=O) groups is 3. The first kappa shape index (κ1) is 28.3. The number of benzene rings is 2. The van der Waals surface area contributed by atoms with Crippen LogP contribution >= 0.6 is 0 Å². The highest BCUT2D eigenvalue weighted by Gasteiger charge is 2.33. The van der Waals surface area contributed by atoms with Gasteiger partial charge in [0.05, 0.1) is 17.4 Å². The molecule has 0 aromatic heterocycles. The fourth-order valence-electron chi connectivity index (χ4n) is 4.40. The van der Waals surface area contributed by atoms with Crippen molar-refractivity contribution in [2.24, 2.45) is 5.92 Å². The molecule has 2 amide bonds. The Morgan fingerprint density at radius 1 is 0.892 bits per heavy atom. The van der Waals surface area contributed by atoms with E-state index in [1.54, 1.807) is 18.2 Å². The summed E-state index contributed by atoms with van der Waals surface area (Å²) in [5.41, 5.74) is 5.58. The van der Waals surface area contributed by atoms with Gasteiger partial charge in [0, 0.05) is 18.8 Å². The molecule has 0 bridgehead atoms. The Morgan fingerprint density at radius 2 is 1.51 bits per heavy atom. The molecule has 9 nitrogen and oxygen atoms in total. The lowest BCUT2D eigenvalue weighted by molar-refractivity contribution is -0.153. The molecule has 1 aliphatic heterocycles. The van der Waals surface area contributed by atoms with Crippen molar-refractivity contribution in [2.75, 3.05) is 31.6 Å². The molecule has 2 N–H and O–H groups in total. The quantitative estimate of drug-likeness (QED) is 0.507. The average molecular weight is 530 g/mol. The number of nitrogens with zero attached hydrogens (tertiary/aromatic N) is 1. The van der Waals surface area contributed by atoms with Gasteiger partial charge in [-0.25, -0.2) is 8.42 Å². The standard InChI is InChI=1S/C27H35N3O6S/c1-17-12-20(4)26(21(5)13-17)29-24(31)15-28-25(32)16-36-27(33)22-8-10-30(11-9-22)37(34,35)23-7-6-18(2)19(3)14-23/h6-7,12-14,22H,8-11,15-16H2,1-5H3,(H,28,32)(H,29,31). The molecule has 1 saturated heterocycles. The summed E-state index contributed by atoms with van der Waals surface area (Å²) in [6.07, 6.45) is 0.615. The molecule has 0 aliphatic carbocycles. The van der Waals surface area contributed by atoms with Gasteiger partial charge < -0.3 is 15.4 Å². The molecule has 37 heavy (non-hydrogen) atoms. The monoisotopic (exact) mass is 529 g/mol. The third-order valence-electron chi connectivity index (χ3n) is 6.64. The smallest absolute Gasteiger partial charge is 0.309 e. The Balaban J connectivity index is 1.42. The van der Waals surface area contributed by atoms with E-state index >= 15 is 0 Å². The van der Waals surface area contributed by atoms with E-state index in [1.165, 1.54) is 4.31 Å². The lowest BCUT2D eigenvalue weighted by Gasteiger charge is -2.30. The van der Waals surface area contributed by atoms with Crippen molar-refractivity contribution in [2.45, 2.75) is 52.4 Å². The van der Waals surface area contributed by atoms with Crippen molar-refractivity contribution >= 4 is 33.5 Å². The number of hydrogen-bond donors (Lipinski definition) is 2. The second-order valence-corrected chi connectivity index (χ2v) is 11.6. The number of aryl methyl sites for hydroxylation is 5. The fraction of sp³-hybridized carbons (Fsp3) is 0.444. The predicted octanol–water partition coefficient (Wildman–Crippen LogP) is 2.93. The number of sulfonamides is 1. The first-order valence-electron chi connectivity index (χ1n) is 12.3. The Morgan fingerprint density at radius 3 is 2.11 bits per heavy atom. The molecule has 1 fully saturated rings. The molecular formula is C27H35N3O6S. The van der Waals surface area contributed by atoms with E-state index in [-0.39, 0.29) is 30.4 Å². The zero-order valence-corrected chi connectivity index (χ0v) is 22.8. The molecule has 0 saturated carbocycles. The molecule has 0 radical (unpaired) electrons. The van der Waals surface area contributed by atoms with Gasteiger partial charge in [0.15, 0.2) is 6.61 Å². The Hall–Kier alpha value is -3.24. The Bertz CT molecular complexity index is 1270. The number of anilines is 1. The van der Waals surface area contributed by atoms with Crippen molar-refractivity contribution in [1.29, 1.82) is 0 Å². The van der Waals surface area contributed by atoms with E-state index in [9.17, 15) is 22.8 Å². The van der Waals surface area contributed by atoms with Gasteiger partial charge in [-0.1, -0.05) is 23.8 Å². The molecule has 0 spiro atoms. The average Bonchev–Trinajstić information content (AvgIpc) is 2.85.